The van der Waals surface area contributed by atoms with Gasteiger partial charge in [0.25, 0.3) is 0 Å². The molecule has 24 heavy (non-hydrogen) atoms. The van der Waals surface area contributed by atoms with Crippen molar-refractivity contribution in [2.75, 3.05) is 19.5 Å². The maximum Gasteiger partial charge on any atom is 0.422 e. The number of fused-ring (bicyclic) bond motifs is 1. The molecule has 2 aromatic rings. The Kier molecular flexibility index (Phi) is 5.49. The van der Waals surface area contributed by atoms with E-state index in [4.69, 9.17) is 21.1 Å². The van der Waals surface area contributed by atoms with Crippen LogP contribution in [-0.2, 0) is 11.8 Å². The molecule has 0 bridgehead atoms. The predicted molar refractivity (Wildman–Crippen MR) is 82.8 cm³/mol. The number of halogens is 4. The van der Waals surface area contributed by atoms with Crippen LogP contribution in [0.3, 0.4) is 0 Å². The first-order chi connectivity index (χ1) is 11.2. The number of aryl methyl sites for hydroxylation is 1. The molecule has 0 unspecified atom stereocenters. The van der Waals surface area contributed by atoms with Gasteiger partial charge in [-0.2, -0.15) is 13.2 Å². The van der Waals surface area contributed by atoms with Gasteiger partial charge < -0.3 is 14.0 Å². The molecule has 2 aromatic heterocycles. The summed E-state index contributed by atoms with van der Waals surface area (Å²) >= 11 is 7.27. The Hall–Kier alpha value is -1.68. The molecule has 2 heterocycles. The van der Waals surface area contributed by atoms with Crippen molar-refractivity contribution in [3.05, 3.63) is 10.8 Å². The lowest BCUT2D eigenvalue weighted by molar-refractivity contribution is -0.153. The molecule has 0 N–H and O–H groups in total. The Balaban J connectivity index is 2.69. The van der Waals surface area contributed by atoms with Crippen LogP contribution in [0.25, 0.3) is 11.0 Å². The molecular weight excluding hydrogens is 371 g/mol. The summed E-state index contributed by atoms with van der Waals surface area (Å²) in [6.07, 6.45) is -2.87. The van der Waals surface area contributed by atoms with Gasteiger partial charge in [0, 0.05) is 7.05 Å². The van der Waals surface area contributed by atoms with Crippen molar-refractivity contribution in [3.8, 4) is 5.75 Å². The maximum atomic E-state index is 12.5. The molecule has 0 atom stereocenters. The molecule has 0 aliphatic heterocycles. The molecule has 6 nitrogen and oxygen atoms in total. The normalized spacial score (nSPS) is 11.8. The van der Waals surface area contributed by atoms with Crippen LogP contribution in [0.1, 0.15) is 17.4 Å². The molecule has 0 aromatic carbocycles. The molecule has 2 rings (SSSR count). The number of nitrogens with zero attached hydrogens (tertiary/aromatic N) is 3. The molecule has 0 aliphatic rings. The zero-order valence-electron chi connectivity index (χ0n) is 12.9. The second-order valence-electron chi connectivity index (χ2n) is 4.56. The summed E-state index contributed by atoms with van der Waals surface area (Å²) in [5.41, 5.74) is -0.0230. The molecule has 0 aliphatic carbocycles. The van der Waals surface area contributed by atoms with Gasteiger partial charge in [0.05, 0.1) is 12.0 Å². The molecular formula is C13H13ClF3N3O3S. The number of esters is 1. The van der Waals surface area contributed by atoms with Crippen LogP contribution in [0.2, 0.25) is 5.15 Å². The third-order valence-electron chi connectivity index (χ3n) is 2.95. The first kappa shape index (κ1) is 18.7. The number of rotatable bonds is 5. The topological polar surface area (TPSA) is 66.2 Å². The monoisotopic (exact) mass is 383 g/mol. The van der Waals surface area contributed by atoms with Crippen LogP contribution in [0.15, 0.2) is 5.16 Å². The molecule has 0 amide bonds. The lowest BCUT2D eigenvalue weighted by Crippen LogP contribution is -2.20. The molecule has 132 valence electrons. The molecule has 0 spiro atoms. The number of carbonyl (C=O) groups excluding carboxylic acids is 1. The van der Waals surface area contributed by atoms with Gasteiger partial charge in [0.1, 0.15) is 10.8 Å². The smallest absolute Gasteiger partial charge is 0.422 e. The van der Waals surface area contributed by atoms with Crippen LogP contribution in [0.4, 0.5) is 13.2 Å². The van der Waals surface area contributed by atoms with Gasteiger partial charge in [-0.1, -0.05) is 23.4 Å². The molecule has 0 saturated heterocycles. The van der Waals surface area contributed by atoms with Crippen molar-refractivity contribution in [1.82, 2.24) is 14.5 Å². The zero-order chi connectivity index (χ0) is 18.1. The van der Waals surface area contributed by atoms with E-state index in [1.165, 1.54) is 23.4 Å². The summed E-state index contributed by atoms with van der Waals surface area (Å²) < 4.78 is 48.6. The Morgan fingerprint density at radius 1 is 1.38 bits per heavy atom. The third kappa shape index (κ3) is 3.69. The first-order valence-electron chi connectivity index (χ1n) is 6.66. The molecule has 11 heteroatoms. The zero-order valence-corrected chi connectivity index (χ0v) is 14.5. The summed E-state index contributed by atoms with van der Waals surface area (Å²) in [5, 5.41) is 0.239. The highest BCUT2D eigenvalue weighted by Crippen LogP contribution is 2.38. The van der Waals surface area contributed by atoms with E-state index in [0.29, 0.717) is 5.16 Å². The van der Waals surface area contributed by atoms with Crippen molar-refractivity contribution in [1.29, 1.82) is 0 Å². The average Bonchev–Trinajstić information content (AvgIpc) is 2.77. The van der Waals surface area contributed by atoms with Gasteiger partial charge >= 0.3 is 12.1 Å². The standard InChI is InChI=1S/C13H13ClF3N3O3S/c1-4-22-11(21)7-8(23-5-13(15,16)17)6-9(14)18-12(24-3)19-10(6)20(7)2/h4-5H2,1-3H3. The summed E-state index contributed by atoms with van der Waals surface area (Å²) in [6.45, 7) is 0.0447. The van der Waals surface area contributed by atoms with Crippen molar-refractivity contribution in [2.45, 2.75) is 18.3 Å². The minimum atomic E-state index is -4.58. The first-order valence-corrected chi connectivity index (χ1v) is 8.26. The summed E-state index contributed by atoms with van der Waals surface area (Å²) in [7, 11) is 1.46. The number of hydrogen-bond donors (Lipinski definition) is 0. The van der Waals surface area contributed by atoms with Gasteiger partial charge in [0.2, 0.25) is 0 Å². The highest BCUT2D eigenvalue weighted by atomic mass is 35.5. The van der Waals surface area contributed by atoms with E-state index in [-0.39, 0.29) is 34.2 Å². The summed E-state index contributed by atoms with van der Waals surface area (Å²) in [6, 6.07) is 0. The fraction of sp³-hybridized carbons (Fsp3) is 0.462. The van der Waals surface area contributed by atoms with E-state index in [0.717, 1.165) is 0 Å². The van der Waals surface area contributed by atoms with Crippen LogP contribution in [-0.4, -0.2) is 46.2 Å². The van der Waals surface area contributed by atoms with Gasteiger partial charge in [-0.25, -0.2) is 14.8 Å². The minimum Gasteiger partial charge on any atom is -0.481 e. The van der Waals surface area contributed by atoms with Crippen LogP contribution in [0, 0.1) is 0 Å². The van der Waals surface area contributed by atoms with Crippen molar-refractivity contribution in [3.63, 3.8) is 0 Å². The second kappa shape index (κ2) is 7.06. The third-order valence-corrected chi connectivity index (χ3v) is 3.77. The van der Waals surface area contributed by atoms with E-state index in [9.17, 15) is 18.0 Å². The quantitative estimate of drug-likeness (QED) is 0.341. The largest absolute Gasteiger partial charge is 0.481 e. The van der Waals surface area contributed by atoms with Crippen LogP contribution >= 0.6 is 23.4 Å². The highest BCUT2D eigenvalue weighted by molar-refractivity contribution is 7.98. The SMILES string of the molecule is CCOC(=O)c1c(OCC(F)(F)F)c2c(Cl)nc(SC)nc2n1C. The van der Waals surface area contributed by atoms with E-state index in [1.807, 2.05) is 0 Å². The Labute approximate surface area is 144 Å². The number of ether oxygens (including phenoxy) is 2. The summed E-state index contributed by atoms with van der Waals surface area (Å²) in [5.74, 6) is -1.18. The van der Waals surface area contributed by atoms with Crippen molar-refractivity contribution < 1.29 is 27.4 Å². The second-order valence-corrected chi connectivity index (χ2v) is 5.69. The van der Waals surface area contributed by atoms with E-state index >= 15 is 0 Å². The lowest BCUT2D eigenvalue weighted by atomic mass is 10.3. The van der Waals surface area contributed by atoms with Gasteiger partial charge in [0.15, 0.2) is 23.2 Å². The van der Waals surface area contributed by atoms with E-state index in [1.54, 1.807) is 13.2 Å². The number of aromatic nitrogens is 3. The maximum absolute atomic E-state index is 12.5. The van der Waals surface area contributed by atoms with Gasteiger partial charge in [-0.15, -0.1) is 0 Å². The fourth-order valence-corrected chi connectivity index (χ4v) is 2.69. The van der Waals surface area contributed by atoms with E-state index in [2.05, 4.69) is 9.97 Å². The average molecular weight is 384 g/mol. The highest BCUT2D eigenvalue weighted by Gasteiger charge is 2.33. The Bertz CT molecular complexity index is 779. The predicted octanol–water partition coefficient (Wildman–Crippen LogP) is 3.46. The number of alkyl halides is 3. The van der Waals surface area contributed by atoms with E-state index < -0.39 is 18.8 Å². The Morgan fingerprint density at radius 3 is 2.58 bits per heavy atom. The number of thioether (sulfide) groups is 1. The molecule has 0 radical (unpaired) electrons. The number of carbonyl (C=O) groups is 1. The minimum absolute atomic E-state index is 0.0317. The van der Waals surface area contributed by atoms with Crippen LogP contribution < -0.4 is 4.74 Å². The lowest BCUT2D eigenvalue weighted by Gasteiger charge is -2.11. The van der Waals surface area contributed by atoms with Crippen LogP contribution in [0.5, 0.6) is 5.75 Å². The fourth-order valence-electron chi connectivity index (χ4n) is 2.03. The summed E-state index contributed by atoms with van der Waals surface area (Å²) in [4.78, 5) is 20.3. The van der Waals surface area contributed by atoms with Crippen molar-refractivity contribution in [2.24, 2.45) is 7.05 Å². The number of hydrogen-bond acceptors (Lipinski definition) is 6. The van der Waals surface area contributed by atoms with Crippen molar-refractivity contribution >= 4 is 40.4 Å². The molecule has 0 fully saturated rings. The van der Waals surface area contributed by atoms with Gasteiger partial charge in [-0.3, -0.25) is 0 Å². The molecule has 0 saturated carbocycles. The van der Waals surface area contributed by atoms with Gasteiger partial charge in [-0.05, 0) is 13.2 Å². The Morgan fingerprint density at radius 2 is 2.04 bits per heavy atom.